The second-order valence-electron chi connectivity index (χ2n) is 9.47. The lowest BCUT2D eigenvalue weighted by molar-refractivity contribution is 0.0568. The number of hydrogen-bond acceptors (Lipinski definition) is 5. The lowest BCUT2D eigenvalue weighted by atomic mass is 10.2. The number of ether oxygens (including phenoxy) is 2. The summed E-state index contributed by atoms with van der Waals surface area (Å²) >= 11 is 0. The van der Waals surface area contributed by atoms with E-state index in [9.17, 15) is 4.79 Å². The van der Waals surface area contributed by atoms with E-state index < -0.39 is 20.0 Å². The maximum absolute atomic E-state index is 12.6. The zero-order valence-corrected chi connectivity index (χ0v) is 20.1. The van der Waals surface area contributed by atoms with Crippen molar-refractivity contribution in [2.24, 2.45) is 0 Å². The Morgan fingerprint density at radius 3 is 2.29 bits per heavy atom. The first-order valence-corrected chi connectivity index (χ1v) is 12.8. The van der Waals surface area contributed by atoms with E-state index in [2.05, 4.69) is 38.8 Å². The highest BCUT2D eigenvalue weighted by atomic mass is 28.4. The van der Waals surface area contributed by atoms with Gasteiger partial charge in [-0.1, -0.05) is 26.8 Å². The van der Waals surface area contributed by atoms with Gasteiger partial charge in [0.25, 0.3) is 0 Å². The highest BCUT2D eigenvalue weighted by Gasteiger charge is 2.36. The summed E-state index contributed by atoms with van der Waals surface area (Å²) < 4.78 is 16.9. The number of carbonyl (C=O) groups is 1. The summed E-state index contributed by atoms with van der Waals surface area (Å²) in [5.74, 6) is 0.566. The Balaban J connectivity index is 2.88. The molecule has 0 fully saturated rings. The fourth-order valence-corrected chi connectivity index (χ4v) is 3.23. The number of anilines is 1. The number of aromatic nitrogens is 1. The van der Waals surface area contributed by atoms with Crippen molar-refractivity contribution in [1.29, 1.82) is 0 Å². The largest absolute Gasteiger partial charge is 0.443 e. The SMILES string of the molecule is COCCN(C(=O)OC(C)(C)C)c1cccc(CCO[Si](C)(C)C(C)(C)C)n1. The van der Waals surface area contributed by atoms with Gasteiger partial charge in [0.15, 0.2) is 8.32 Å². The fraction of sp³-hybridized carbons (Fsp3) is 0.714. The van der Waals surface area contributed by atoms with Gasteiger partial charge in [-0.3, -0.25) is 4.90 Å². The van der Waals surface area contributed by atoms with Crippen LogP contribution in [-0.2, 0) is 20.3 Å². The van der Waals surface area contributed by atoms with Crippen molar-refractivity contribution in [2.75, 3.05) is 31.8 Å². The topological polar surface area (TPSA) is 60.9 Å². The third kappa shape index (κ3) is 7.89. The molecule has 0 saturated heterocycles. The zero-order valence-electron chi connectivity index (χ0n) is 19.1. The molecule has 0 atom stereocenters. The van der Waals surface area contributed by atoms with E-state index in [4.69, 9.17) is 13.9 Å². The van der Waals surface area contributed by atoms with Crippen molar-refractivity contribution in [3.63, 3.8) is 0 Å². The highest BCUT2D eigenvalue weighted by molar-refractivity contribution is 6.74. The number of nitrogens with zero attached hydrogens (tertiary/aromatic N) is 2. The van der Waals surface area contributed by atoms with Gasteiger partial charge in [-0.15, -0.1) is 0 Å². The van der Waals surface area contributed by atoms with Gasteiger partial charge in [0.2, 0.25) is 0 Å². The van der Waals surface area contributed by atoms with Gasteiger partial charge in [0, 0.05) is 25.8 Å². The van der Waals surface area contributed by atoms with Gasteiger partial charge in [0.1, 0.15) is 11.4 Å². The van der Waals surface area contributed by atoms with Gasteiger partial charge >= 0.3 is 6.09 Å². The Bertz CT molecular complexity index is 636. The van der Waals surface area contributed by atoms with E-state index >= 15 is 0 Å². The molecule has 1 amide bonds. The Kier molecular flexibility index (Phi) is 8.65. The fourth-order valence-electron chi connectivity index (χ4n) is 2.18. The van der Waals surface area contributed by atoms with Crippen molar-refractivity contribution in [1.82, 2.24) is 4.98 Å². The third-order valence-corrected chi connectivity index (χ3v) is 9.37. The molecule has 0 aliphatic carbocycles. The van der Waals surface area contributed by atoms with Crippen LogP contribution in [0.4, 0.5) is 10.6 Å². The number of hydrogen-bond donors (Lipinski definition) is 0. The normalized spacial score (nSPS) is 12.8. The van der Waals surface area contributed by atoms with Gasteiger partial charge in [-0.2, -0.15) is 0 Å². The predicted octanol–water partition coefficient (Wildman–Crippen LogP) is 5.03. The molecular weight excluding hydrogens is 372 g/mol. The van der Waals surface area contributed by atoms with Crippen LogP contribution in [0, 0.1) is 0 Å². The maximum atomic E-state index is 12.6. The molecule has 0 aliphatic rings. The van der Waals surface area contributed by atoms with E-state index in [1.165, 1.54) is 4.90 Å². The number of methoxy groups -OCH3 is 1. The summed E-state index contributed by atoms with van der Waals surface area (Å²) in [6, 6.07) is 5.69. The van der Waals surface area contributed by atoms with Crippen molar-refractivity contribution in [3.8, 4) is 0 Å². The van der Waals surface area contributed by atoms with Gasteiger partial charge in [-0.05, 0) is 51.0 Å². The first-order valence-electron chi connectivity index (χ1n) is 9.86. The summed E-state index contributed by atoms with van der Waals surface area (Å²) in [7, 11) is -0.179. The average Bonchev–Trinajstić information content (AvgIpc) is 2.52. The molecule has 0 N–H and O–H groups in total. The van der Waals surface area contributed by atoms with Crippen LogP contribution < -0.4 is 4.90 Å². The molecule has 28 heavy (non-hydrogen) atoms. The predicted molar refractivity (Wildman–Crippen MR) is 117 cm³/mol. The summed E-state index contributed by atoms with van der Waals surface area (Å²) in [6.45, 7) is 18.1. The molecule has 0 aromatic carbocycles. The second-order valence-corrected chi connectivity index (χ2v) is 14.3. The summed E-state index contributed by atoms with van der Waals surface area (Å²) in [6.07, 6.45) is 0.277. The molecule has 1 aromatic rings. The molecule has 1 aromatic heterocycles. The first kappa shape index (κ1) is 24.6. The molecule has 0 unspecified atom stereocenters. The molecule has 0 saturated carbocycles. The van der Waals surface area contributed by atoms with Gasteiger partial charge < -0.3 is 13.9 Å². The molecule has 6 nitrogen and oxygen atoms in total. The van der Waals surface area contributed by atoms with Crippen LogP contribution in [0.1, 0.15) is 47.2 Å². The Morgan fingerprint density at radius 1 is 1.11 bits per heavy atom. The summed E-state index contributed by atoms with van der Waals surface area (Å²) in [5, 5.41) is 0.177. The molecule has 0 bridgehead atoms. The smallest absolute Gasteiger partial charge is 0.416 e. The molecule has 160 valence electrons. The van der Waals surface area contributed by atoms with Crippen molar-refractivity contribution < 1.29 is 18.7 Å². The van der Waals surface area contributed by atoms with E-state index in [0.29, 0.717) is 32.0 Å². The van der Waals surface area contributed by atoms with Crippen molar-refractivity contribution in [3.05, 3.63) is 23.9 Å². The molecule has 7 heteroatoms. The quantitative estimate of drug-likeness (QED) is 0.562. The molecule has 0 radical (unpaired) electrons. The number of rotatable bonds is 8. The van der Waals surface area contributed by atoms with Crippen LogP contribution >= 0.6 is 0 Å². The first-order chi connectivity index (χ1) is 12.8. The van der Waals surface area contributed by atoms with Crippen molar-refractivity contribution >= 4 is 20.2 Å². The van der Waals surface area contributed by atoms with Crippen molar-refractivity contribution in [2.45, 2.75) is 71.7 Å². The zero-order chi connectivity index (χ0) is 21.6. The van der Waals surface area contributed by atoms with Crippen LogP contribution in [0.15, 0.2) is 18.2 Å². The van der Waals surface area contributed by atoms with Gasteiger partial charge in [-0.25, -0.2) is 9.78 Å². The molecule has 1 rings (SSSR count). The summed E-state index contributed by atoms with van der Waals surface area (Å²) in [5.41, 5.74) is 0.319. The minimum Gasteiger partial charge on any atom is -0.443 e. The average molecular weight is 411 g/mol. The highest BCUT2D eigenvalue weighted by Crippen LogP contribution is 2.36. The Labute approximate surface area is 171 Å². The van der Waals surface area contributed by atoms with Crippen LogP contribution in [-0.4, -0.2) is 51.9 Å². The van der Waals surface area contributed by atoms with E-state index in [1.54, 1.807) is 7.11 Å². The number of amides is 1. The maximum Gasteiger partial charge on any atom is 0.416 e. The molecular formula is C21H38N2O4Si. The minimum absolute atomic E-state index is 0.177. The molecule has 0 spiro atoms. The summed E-state index contributed by atoms with van der Waals surface area (Å²) in [4.78, 5) is 18.8. The van der Waals surface area contributed by atoms with Crippen LogP contribution in [0.25, 0.3) is 0 Å². The monoisotopic (exact) mass is 410 g/mol. The Morgan fingerprint density at radius 2 is 1.75 bits per heavy atom. The molecule has 1 heterocycles. The second kappa shape index (κ2) is 9.85. The third-order valence-electron chi connectivity index (χ3n) is 4.83. The Hall–Kier alpha value is -1.44. The number of carbonyl (C=O) groups excluding carboxylic acids is 1. The minimum atomic E-state index is -1.79. The van der Waals surface area contributed by atoms with Crippen LogP contribution in [0.3, 0.4) is 0 Å². The lowest BCUT2D eigenvalue weighted by Crippen LogP contribution is -2.41. The van der Waals surface area contributed by atoms with Crippen LogP contribution in [0.5, 0.6) is 0 Å². The lowest BCUT2D eigenvalue weighted by Gasteiger charge is -2.36. The van der Waals surface area contributed by atoms with E-state index in [1.807, 2.05) is 39.0 Å². The number of pyridine rings is 1. The molecule has 0 aliphatic heterocycles. The van der Waals surface area contributed by atoms with Gasteiger partial charge in [0.05, 0.1) is 13.2 Å². The van der Waals surface area contributed by atoms with E-state index in [0.717, 1.165) is 5.69 Å². The van der Waals surface area contributed by atoms with Crippen LogP contribution in [0.2, 0.25) is 18.1 Å². The standard InChI is InChI=1S/C21H38N2O4Si/c1-20(2,3)27-19(24)23(14-16-25-7)18-12-10-11-17(22-18)13-15-26-28(8,9)21(4,5)6/h10-12H,13-16H2,1-9H3. The van der Waals surface area contributed by atoms with E-state index in [-0.39, 0.29) is 5.04 Å².